The Balaban J connectivity index is 2.26. The van der Waals surface area contributed by atoms with E-state index in [2.05, 4.69) is 20.5 Å². The van der Waals surface area contributed by atoms with Crippen LogP contribution in [0.2, 0.25) is 0 Å². The number of carbonyl (C=O) groups excluding carboxylic acids is 1. The number of amides is 1. The Morgan fingerprint density at radius 2 is 2.33 bits per heavy atom. The highest BCUT2D eigenvalue weighted by atomic mass is 16.2. The van der Waals surface area contributed by atoms with Gasteiger partial charge in [-0.15, -0.1) is 10.2 Å². The Labute approximate surface area is 68.2 Å². The fourth-order valence-electron chi connectivity index (χ4n) is 1.61. The van der Waals surface area contributed by atoms with E-state index >= 15 is 0 Å². The molecule has 1 aliphatic carbocycles. The van der Waals surface area contributed by atoms with Crippen LogP contribution in [0.15, 0.2) is 6.33 Å². The predicted molar refractivity (Wildman–Crippen MR) is 39.4 cm³/mol. The molecule has 5 nitrogen and oxygen atoms in total. The molecule has 0 saturated heterocycles. The standard InChI is InChI=1S/C7H6N4O/c12-6-7(1-2-7)4-5(10-6)8-3-9-11-4/h3H,1-2H2,(H,8,9,10,12). The van der Waals surface area contributed by atoms with E-state index in [1.54, 1.807) is 0 Å². The highest BCUT2D eigenvalue weighted by Crippen LogP contribution is 2.53. The number of hydrogen-bond donors (Lipinski definition) is 1. The summed E-state index contributed by atoms with van der Waals surface area (Å²) in [6.07, 6.45) is 3.11. The van der Waals surface area contributed by atoms with Gasteiger partial charge in [-0.1, -0.05) is 0 Å². The van der Waals surface area contributed by atoms with Gasteiger partial charge in [-0.3, -0.25) is 4.79 Å². The van der Waals surface area contributed by atoms with Crippen molar-refractivity contribution in [2.45, 2.75) is 18.3 Å². The maximum Gasteiger partial charge on any atom is 0.238 e. The molecule has 0 radical (unpaired) electrons. The first-order chi connectivity index (χ1) is 5.83. The minimum atomic E-state index is -0.351. The van der Waals surface area contributed by atoms with Gasteiger partial charge in [0.2, 0.25) is 5.91 Å². The van der Waals surface area contributed by atoms with Crippen molar-refractivity contribution >= 4 is 11.7 Å². The molecule has 5 heteroatoms. The summed E-state index contributed by atoms with van der Waals surface area (Å²) in [7, 11) is 0. The quantitative estimate of drug-likeness (QED) is 0.576. The molecule has 1 aromatic heterocycles. The molecule has 60 valence electrons. The summed E-state index contributed by atoms with van der Waals surface area (Å²) in [6.45, 7) is 0. The lowest BCUT2D eigenvalue weighted by molar-refractivity contribution is -0.117. The first-order valence-corrected chi connectivity index (χ1v) is 3.82. The zero-order chi connectivity index (χ0) is 8.18. The average molecular weight is 162 g/mol. The second-order valence-corrected chi connectivity index (χ2v) is 3.19. The molecule has 2 aliphatic rings. The van der Waals surface area contributed by atoms with Crippen molar-refractivity contribution in [1.29, 1.82) is 0 Å². The Morgan fingerprint density at radius 3 is 3.08 bits per heavy atom. The lowest BCUT2D eigenvalue weighted by Gasteiger charge is -1.98. The van der Waals surface area contributed by atoms with Gasteiger partial charge in [0.15, 0.2) is 5.82 Å². The van der Waals surface area contributed by atoms with Crippen LogP contribution in [0.25, 0.3) is 0 Å². The van der Waals surface area contributed by atoms with E-state index in [4.69, 9.17) is 0 Å². The van der Waals surface area contributed by atoms with Crippen molar-refractivity contribution in [1.82, 2.24) is 15.2 Å². The third-order valence-corrected chi connectivity index (χ3v) is 2.49. The predicted octanol–water partition coefficient (Wildman–Crippen LogP) is -0.145. The number of rotatable bonds is 0. The second kappa shape index (κ2) is 1.63. The summed E-state index contributed by atoms with van der Waals surface area (Å²) in [6, 6.07) is 0. The van der Waals surface area contributed by atoms with Gasteiger partial charge in [0.05, 0.1) is 5.41 Å². The number of carbonyl (C=O) groups is 1. The summed E-state index contributed by atoms with van der Waals surface area (Å²) < 4.78 is 0. The summed E-state index contributed by atoms with van der Waals surface area (Å²) in [5.74, 6) is 0.623. The molecular weight excluding hydrogens is 156 g/mol. The maximum atomic E-state index is 11.4. The van der Waals surface area contributed by atoms with E-state index < -0.39 is 0 Å². The van der Waals surface area contributed by atoms with Gasteiger partial charge in [0, 0.05) is 0 Å². The molecule has 1 fully saturated rings. The van der Waals surface area contributed by atoms with Gasteiger partial charge in [0.1, 0.15) is 12.0 Å². The van der Waals surface area contributed by atoms with Gasteiger partial charge >= 0.3 is 0 Å². The van der Waals surface area contributed by atoms with Crippen LogP contribution in [0.1, 0.15) is 18.5 Å². The van der Waals surface area contributed by atoms with E-state index in [1.165, 1.54) is 6.33 Å². The molecule has 1 aromatic rings. The van der Waals surface area contributed by atoms with E-state index in [9.17, 15) is 4.79 Å². The van der Waals surface area contributed by atoms with Gasteiger partial charge in [-0.05, 0) is 12.8 Å². The van der Waals surface area contributed by atoms with Gasteiger partial charge < -0.3 is 5.32 Å². The number of fused-ring (bicyclic) bond motifs is 2. The monoisotopic (exact) mass is 162 g/mol. The Morgan fingerprint density at radius 1 is 1.50 bits per heavy atom. The third kappa shape index (κ3) is 0.511. The normalized spacial score (nSPS) is 22.2. The Hall–Kier alpha value is -1.52. The molecule has 0 bridgehead atoms. The zero-order valence-electron chi connectivity index (χ0n) is 6.24. The van der Waals surface area contributed by atoms with E-state index in [0.717, 1.165) is 18.5 Å². The van der Waals surface area contributed by atoms with Crippen molar-refractivity contribution in [3.05, 3.63) is 12.0 Å². The van der Waals surface area contributed by atoms with Crippen LogP contribution in [0.4, 0.5) is 5.82 Å². The maximum absolute atomic E-state index is 11.4. The first-order valence-electron chi connectivity index (χ1n) is 3.82. The van der Waals surface area contributed by atoms with Crippen LogP contribution < -0.4 is 5.32 Å². The van der Waals surface area contributed by atoms with Gasteiger partial charge in [-0.2, -0.15) is 0 Å². The number of hydrogen-bond acceptors (Lipinski definition) is 4. The highest BCUT2D eigenvalue weighted by molar-refractivity contribution is 6.06. The molecule has 3 rings (SSSR count). The molecule has 1 spiro atoms. The molecule has 1 amide bonds. The lowest BCUT2D eigenvalue weighted by atomic mass is 10.1. The number of nitrogens with one attached hydrogen (secondary N) is 1. The summed E-state index contributed by atoms with van der Waals surface area (Å²) in [5.41, 5.74) is 0.381. The molecular formula is C7H6N4O. The molecule has 1 N–H and O–H groups in total. The number of aromatic nitrogens is 3. The summed E-state index contributed by atoms with van der Waals surface area (Å²) >= 11 is 0. The Bertz CT molecular complexity index is 371. The Kier molecular flexibility index (Phi) is 0.819. The topological polar surface area (TPSA) is 67.8 Å². The summed E-state index contributed by atoms with van der Waals surface area (Å²) in [4.78, 5) is 15.3. The SMILES string of the molecule is O=C1Nc2ncnnc2C12CC2. The number of anilines is 1. The van der Waals surface area contributed by atoms with Crippen LogP contribution in [0.5, 0.6) is 0 Å². The van der Waals surface area contributed by atoms with Gasteiger partial charge in [-0.25, -0.2) is 4.98 Å². The van der Waals surface area contributed by atoms with Crippen molar-refractivity contribution in [2.24, 2.45) is 0 Å². The van der Waals surface area contributed by atoms with E-state index in [0.29, 0.717) is 5.82 Å². The second-order valence-electron chi connectivity index (χ2n) is 3.19. The highest BCUT2D eigenvalue weighted by Gasteiger charge is 2.58. The van der Waals surface area contributed by atoms with Crippen LogP contribution in [-0.4, -0.2) is 21.1 Å². The van der Waals surface area contributed by atoms with Crippen LogP contribution in [0, 0.1) is 0 Å². The van der Waals surface area contributed by atoms with Crippen molar-refractivity contribution in [2.75, 3.05) is 5.32 Å². The average Bonchev–Trinajstić information content (AvgIpc) is 2.80. The van der Waals surface area contributed by atoms with Crippen molar-refractivity contribution < 1.29 is 4.79 Å². The van der Waals surface area contributed by atoms with Crippen LogP contribution in [-0.2, 0) is 10.2 Å². The van der Waals surface area contributed by atoms with Crippen LogP contribution >= 0.6 is 0 Å². The minimum absolute atomic E-state index is 0.0329. The van der Waals surface area contributed by atoms with Crippen LogP contribution in [0.3, 0.4) is 0 Å². The molecule has 12 heavy (non-hydrogen) atoms. The zero-order valence-corrected chi connectivity index (χ0v) is 6.24. The van der Waals surface area contributed by atoms with E-state index in [1.807, 2.05) is 0 Å². The van der Waals surface area contributed by atoms with E-state index in [-0.39, 0.29) is 11.3 Å². The fourth-order valence-corrected chi connectivity index (χ4v) is 1.61. The third-order valence-electron chi connectivity index (χ3n) is 2.49. The molecule has 0 aromatic carbocycles. The molecule has 0 unspecified atom stereocenters. The fraction of sp³-hybridized carbons (Fsp3) is 0.429. The molecule has 0 atom stereocenters. The van der Waals surface area contributed by atoms with Crippen molar-refractivity contribution in [3.63, 3.8) is 0 Å². The lowest BCUT2D eigenvalue weighted by Crippen LogP contribution is -2.19. The molecule has 1 aliphatic heterocycles. The number of nitrogens with zero attached hydrogens (tertiary/aromatic N) is 3. The smallest absolute Gasteiger partial charge is 0.238 e. The molecule has 1 saturated carbocycles. The molecule has 2 heterocycles. The largest absolute Gasteiger partial charge is 0.308 e. The van der Waals surface area contributed by atoms with Crippen molar-refractivity contribution in [3.8, 4) is 0 Å². The minimum Gasteiger partial charge on any atom is -0.308 e. The van der Waals surface area contributed by atoms with Gasteiger partial charge in [0.25, 0.3) is 0 Å². The first kappa shape index (κ1) is 6.05. The summed E-state index contributed by atoms with van der Waals surface area (Å²) in [5, 5.41) is 10.3.